The van der Waals surface area contributed by atoms with Crippen molar-refractivity contribution < 1.29 is 4.79 Å². The molecule has 2 aromatic heterocycles. The lowest BCUT2D eigenvalue weighted by molar-refractivity contribution is 0.102. The van der Waals surface area contributed by atoms with Crippen molar-refractivity contribution in [2.45, 2.75) is 13.8 Å². The van der Waals surface area contributed by atoms with E-state index in [-0.39, 0.29) is 5.91 Å². The lowest BCUT2D eigenvalue weighted by Crippen LogP contribution is -2.15. The summed E-state index contributed by atoms with van der Waals surface area (Å²) in [7, 11) is 0. The van der Waals surface area contributed by atoms with Crippen LogP contribution < -0.4 is 5.32 Å². The Kier molecular flexibility index (Phi) is 3.35. The quantitative estimate of drug-likeness (QED) is 0.790. The van der Waals surface area contributed by atoms with Crippen LogP contribution in [0.3, 0.4) is 0 Å². The van der Waals surface area contributed by atoms with Crippen molar-refractivity contribution in [3.05, 3.63) is 58.5 Å². The maximum Gasteiger partial charge on any atom is 0.276 e. The summed E-state index contributed by atoms with van der Waals surface area (Å²) in [6, 6.07) is 8.78. The van der Waals surface area contributed by atoms with Crippen LogP contribution in [-0.4, -0.2) is 20.5 Å². The van der Waals surface area contributed by atoms with Gasteiger partial charge in [-0.15, -0.1) is 0 Å². The van der Waals surface area contributed by atoms with Gasteiger partial charge in [0, 0.05) is 10.7 Å². The summed E-state index contributed by atoms with van der Waals surface area (Å²) in [5, 5.41) is 7.63. The molecule has 0 spiro atoms. The van der Waals surface area contributed by atoms with Crippen molar-refractivity contribution in [3.63, 3.8) is 0 Å². The van der Waals surface area contributed by atoms with Crippen molar-refractivity contribution in [1.29, 1.82) is 0 Å². The Balaban J connectivity index is 1.87. The van der Waals surface area contributed by atoms with E-state index in [0.29, 0.717) is 22.1 Å². The van der Waals surface area contributed by atoms with Gasteiger partial charge in [-0.05, 0) is 43.7 Å². The first-order chi connectivity index (χ1) is 10.0. The molecule has 106 valence electrons. The maximum absolute atomic E-state index is 12.2. The third-order valence-electron chi connectivity index (χ3n) is 3.10. The van der Waals surface area contributed by atoms with Gasteiger partial charge in [0.1, 0.15) is 5.69 Å². The molecule has 2 heterocycles. The van der Waals surface area contributed by atoms with Gasteiger partial charge in [-0.2, -0.15) is 5.10 Å². The lowest BCUT2D eigenvalue weighted by atomic mass is 10.2. The molecule has 0 fully saturated rings. The van der Waals surface area contributed by atoms with Gasteiger partial charge in [-0.1, -0.05) is 17.7 Å². The number of aromatic nitrogens is 3. The number of halogens is 1. The molecular formula is C15H13ClN4O. The number of nitrogens with zero attached hydrogens (tertiary/aromatic N) is 3. The summed E-state index contributed by atoms with van der Waals surface area (Å²) in [6.07, 6.45) is 1.77. The SMILES string of the molecule is Cc1cn2nc(C(=O)Nc3ccc(C)c(Cl)c3)ccc2n1. The van der Waals surface area contributed by atoms with Crippen LogP contribution in [-0.2, 0) is 0 Å². The number of carbonyl (C=O) groups is 1. The molecule has 3 aromatic rings. The van der Waals surface area contributed by atoms with Crippen molar-refractivity contribution in [3.8, 4) is 0 Å². The highest BCUT2D eigenvalue weighted by Crippen LogP contribution is 2.20. The molecule has 0 aliphatic heterocycles. The second-order valence-corrected chi connectivity index (χ2v) is 5.23. The zero-order valence-electron chi connectivity index (χ0n) is 11.6. The van der Waals surface area contributed by atoms with Gasteiger partial charge in [0.25, 0.3) is 5.91 Å². The molecule has 0 aliphatic carbocycles. The second kappa shape index (κ2) is 5.18. The van der Waals surface area contributed by atoms with Crippen LogP contribution in [0.2, 0.25) is 5.02 Å². The lowest BCUT2D eigenvalue weighted by Gasteiger charge is -2.06. The Morgan fingerprint density at radius 2 is 2.05 bits per heavy atom. The molecule has 1 aromatic carbocycles. The Morgan fingerprint density at radius 1 is 1.24 bits per heavy atom. The van der Waals surface area contributed by atoms with Gasteiger partial charge in [-0.25, -0.2) is 9.50 Å². The molecule has 6 heteroatoms. The Labute approximate surface area is 126 Å². The molecule has 21 heavy (non-hydrogen) atoms. The molecule has 0 atom stereocenters. The number of hydrogen-bond acceptors (Lipinski definition) is 3. The molecule has 5 nitrogen and oxygen atoms in total. The van der Waals surface area contributed by atoms with Crippen LogP contribution in [0.4, 0.5) is 5.69 Å². The van der Waals surface area contributed by atoms with E-state index in [0.717, 1.165) is 11.3 Å². The maximum atomic E-state index is 12.2. The Bertz CT molecular complexity index is 841. The summed E-state index contributed by atoms with van der Waals surface area (Å²) in [6.45, 7) is 3.79. The third-order valence-corrected chi connectivity index (χ3v) is 3.51. The highest BCUT2D eigenvalue weighted by molar-refractivity contribution is 6.31. The fourth-order valence-electron chi connectivity index (χ4n) is 1.99. The van der Waals surface area contributed by atoms with Crippen LogP contribution in [0.5, 0.6) is 0 Å². The van der Waals surface area contributed by atoms with E-state index in [1.807, 2.05) is 19.9 Å². The van der Waals surface area contributed by atoms with Gasteiger partial charge < -0.3 is 5.32 Å². The third kappa shape index (κ3) is 2.73. The van der Waals surface area contributed by atoms with Crippen molar-refractivity contribution in [1.82, 2.24) is 14.6 Å². The van der Waals surface area contributed by atoms with E-state index >= 15 is 0 Å². The van der Waals surface area contributed by atoms with E-state index in [4.69, 9.17) is 11.6 Å². The fraction of sp³-hybridized carbons (Fsp3) is 0.133. The molecule has 0 radical (unpaired) electrons. The minimum atomic E-state index is -0.289. The number of carbonyl (C=O) groups excluding carboxylic acids is 1. The number of imidazole rings is 1. The standard InChI is InChI=1S/C15H13ClN4O/c1-9-3-4-11(7-12(9)16)18-15(21)13-5-6-14-17-10(2)8-20(14)19-13/h3-8H,1-2H3,(H,18,21). The monoisotopic (exact) mass is 300 g/mol. The van der Waals surface area contributed by atoms with Crippen molar-refractivity contribution >= 4 is 28.8 Å². The van der Waals surface area contributed by atoms with Gasteiger partial charge in [0.15, 0.2) is 5.65 Å². The predicted octanol–water partition coefficient (Wildman–Crippen LogP) is 3.25. The molecule has 1 N–H and O–H groups in total. The summed E-state index contributed by atoms with van der Waals surface area (Å²) >= 11 is 6.04. The van der Waals surface area contributed by atoms with Crippen LogP contribution in [0.1, 0.15) is 21.7 Å². The summed E-state index contributed by atoms with van der Waals surface area (Å²) in [5.41, 5.74) is 3.48. The molecule has 0 saturated carbocycles. The van der Waals surface area contributed by atoms with Crippen LogP contribution >= 0.6 is 11.6 Å². The highest BCUT2D eigenvalue weighted by atomic mass is 35.5. The van der Waals surface area contributed by atoms with E-state index in [1.165, 1.54) is 0 Å². The summed E-state index contributed by atoms with van der Waals surface area (Å²) in [4.78, 5) is 16.5. The van der Waals surface area contributed by atoms with E-state index in [1.54, 1.807) is 35.0 Å². The first kappa shape index (κ1) is 13.6. The average molecular weight is 301 g/mol. The van der Waals surface area contributed by atoms with Crippen molar-refractivity contribution in [2.24, 2.45) is 0 Å². The topological polar surface area (TPSA) is 59.3 Å². The van der Waals surface area contributed by atoms with Crippen molar-refractivity contribution in [2.75, 3.05) is 5.32 Å². The van der Waals surface area contributed by atoms with Gasteiger partial charge in [0.05, 0.1) is 11.9 Å². The number of nitrogens with one attached hydrogen (secondary N) is 1. The summed E-state index contributed by atoms with van der Waals surface area (Å²) in [5.74, 6) is -0.289. The van der Waals surface area contributed by atoms with Gasteiger partial charge in [-0.3, -0.25) is 4.79 Å². The molecule has 1 amide bonds. The number of rotatable bonds is 2. The molecule has 0 aliphatic rings. The number of amides is 1. The van der Waals surface area contributed by atoms with Gasteiger partial charge >= 0.3 is 0 Å². The zero-order chi connectivity index (χ0) is 15.0. The minimum absolute atomic E-state index is 0.289. The van der Waals surface area contributed by atoms with Crippen LogP contribution in [0.15, 0.2) is 36.5 Å². The molecule has 3 rings (SSSR count). The smallest absolute Gasteiger partial charge is 0.276 e. The van der Waals surface area contributed by atoms with E-state index in [9.17, 15) is 4.79 Å². The Morgan fingerprint density at radius 3 is 2.81 bits per heavy atom. The largest absolute Gasteiger partial charge is 0.321 e. The Hall–Kier alpha value is -2.40. The number of benzene rings is 1. The predicted molar refractivity (Wildman–Crippen MR) is 81.9 cm³/mol. The molecular weight excluding hydrogens is 288 g/mol. The molecule has 0 saturated heterocycles. The van der Waals surface area contributed by atoms with Gasteiger partial charge in [0.2, 0.25) is 0 Å². The van der Waals surface area contributed by atoms with Crippen LogP contribution in [0.25, 0.3) is 5.65 Å². The molecule has 0 unspecified atom stereocenters. The van der Waals surface area contributed by atoms with E-state index in [2.05, 4.69) is 15.4 Å². The summed E-state index contributed by atoms with van der Waals surface area (Å²) < 4.78 is 1.59. The number of aryl methyl sites for hydroxylation is 2. The highest BCUT2D eigenvalue weighted by Gasteiger charge is 2.10. The minimum Gasteiger partial charge on any atom is -0.321 e. The fourth-order valence-corrected chi connectivity index (χ4v) is 2.17. The number of hydrogen-bond donors (Lipinski definition) is 1. The second-order valence-electron chi connectivity index (χ2n) is 4.82. The van der Waals surface area contributed by atoms with E-state index < -0.39 is 0 Å². The normalized spacial score (nSPS) is 10.8. The van der Waals surface area contributed by atoms with Crippen LogP contribution in [0, 0.1) is 13.8 Å². The first-order valence-corrected chi connectivity index (χ1v) is 6.81. The first-order valence-electron chi connectivity index (χ1n) is 6.43. The average Bonchev–Trinajstić information content (AvgIpc) is 2.82. The molecule has 0 bridgehead atoms. The number of anilines is 1. The number of fused-ring (bicyclic) bond motifs is 1. The zero-order valence-corrected chi connectivity index (χ0v) is 12.3.